The number of nitrogens with zero attached hydrogens (tertiary/aromatic N) is 2. The molecule has 1 aromatic carbocycles. The van der Waals surface area contributed by atoms with E-state index in [1.807, 2.05) is 37.5 Å². The maximum absolute atomic E-state index is 5.49. The molecular weight excluding hydrogens is 298 g/mol. The quantitative estimate of drug-likeness (QED) is 0.848. The number of nitrogens with one attached hydrogen (secondary N) is 1. The molecule has 4 nitrogen and oxygen atoms in total. The van der Waals surface area contributed by atoms with Gasteiger partial charge in [-0.15, -0.1) is 0 Å². The van der Waals surface area contributed by atoms with Crippen molar-refractivity contribution in [2.24, 2.45) is 5.92 Å². The van der Waals surface area contributed by atoms with E-state index in [-0.39, 0.29) is 0 Å². The van der Waals surface area contributed by atoms with E-state index in [1.54, 1.807) is 0 Å². The van der Waals surface area contributed by atoms with E-state index in [0.29, 0.717) is 18.6 Å². The first-order valence-corrected chi connectivity index (χ1v) is 8.80. The monoisotopic (exact) mass is 325 g/mol. The molecule has 0 aliphatic carbocycles. The Morgan fingerprint density at radius 3 is 2.79 bits per heavy atom. The predicted molar refractivity (Wildman–Crippen MR) is 97.0 cm³/mol. The van der Waals surface area contributed by atoms with Gasteiger partial charge in [-0.05, 0) is 62.2 Å². The van der Waals surface area contributed by atoms with Crippen molar-refractivity contribution in [1.29, 1.82) is 0 Å². The Bertz CT molecular complexity index is 615. The van der Waals surface area contributed by atoms with Crippen molar-refractivity contribution in [2.45, 2.75) is 25.9 Å². The summed E-state index contributed by atoms with van der Waals surface area (Å²) < 4.78 is 5.49. The van der Waals surface area contributed by atoms with Crippen molar-refractivity contribution in [3.05, 3.63) is 59.9 Å². The summed E-state index contributed by atoms with van der Waals surface area (Å²) in [5, 5.41) is 3.63. The summed E-state index contributed by atoms with van der Waals surface area (Å²) in [6, 6.07) is 13.1. The molecule has 0 bridgehead atoms. The van der Waals surface area contributed by atoms with Crippen LogP contribution in [0.1, 0.15) is 30.5 Å². The van der Waals surface area contributed by atoms with E-state index >= 15 is 0 Å². The molecule has 2 atom stereocenters. The van der Waals surface area contributed by atoms with E-state index in [0.717, 1.165) is 25.4 Å². The fourth-order valence-electron chi connectivity index (χ4n) is 3.59. The summed E-state index contributed by atoms with van der Waals surface area (Å²) >= 11 is 0. The van der Waals surface area contributed by atoms with Crippen LogP contribution in [0.25, 0.3) is 0 Å². The standard InChI is InChI=1S/C20H27N3O/c1-3-24-19-8-6-16(7-9-19)13-22-15-18-10-12-23(2)20(18)17-5-4-11-21-14-17/h4-9,11,14,18,20,22H,3,10,12-13,15H2,1-2H3/t18-,20-/m0/s1. The molecule has 1 aliphatic heterocycles. The molecule has 0 saturated carbocycles. The first-order chi connectivity index (χ1) is 11.8. The van der Waals surface area contributed by atoms with Crippen molar-refractivity contribution in [3.63, 3.8) is 0 Å². The van der Waals surface area contributed by atoms with Crippen molar-refractivity contribution in [3.8, 4) is 5.75 Å². The van der Waals surface area contributed by atoms with Crippen molar-refractivity contribution < 1.29 is 4.74 Å². The van der Waals surface area contributed by atoms with Crippen LogP contribution in [0.2, 0.25) is 0 Å². The molecule has 0 spiro atoms. The molecule has 2 aromatic rings. The number of hydrogen-bond donors (Lipinski definition) is 1. The Labute approximate surface area is 144 Å². The third-order valence-electron chi connectivity index (χ3n) is 4.77. The minimum atomic E-state index is 0.464. The molecule has 0 unspecified atom stereocenters. The molecule has 3 rings (SSSR count). The zero-order valence-corrected chi connectivity index (χ0v) is 14.6. The van der Waals surface area contributed by atoms with E-state index in [2.05, 4.69) is 40.4 Å². The van der Waals surface area contributed by atoms with Crippen LogP contribution < -0.4 is 10.1 Å². The molecule has 4 heteroatoms. The SMILES string of the molecule is CCOc1ccc(CNC[C@@H]2CCN(C)[C@H]2c2cccnc2)cc1. The Morgan fingerprint density at radius 1 is 1.25 bits per heavy atom. The molecule has 1 aromatic heterocycles. The van der Waals surface area contributed by atoms with Crippen LogP contribution in [0.3, 0.4) is 0 Å². The lowest BCUT2D eigenvalue weighted by Crippen LogP contribution is -2.28. The van der Waals surface area contributed by atoms with E-state index in [4.69, 9.17) is 4.74 Å². The van der Waals surface area contributed by atoms with Gasteiger partial charge in [0, 0.05) is 31.5 Å². The second kappa shape index (κ2) is 8.27. The first-order valence-electron chi connectivity index (χ1n) is 8.80. The van der Waals surface area contributed by atoms with Gasteiger partial charge in [-0.25, -0.2) is 0 Å². The zero-order valence-electron chi connectivity index (χ0n) is 14.6. The average Bonchev–Trinajstić information content (AvgIpc) is 2.98. The topological polar surface area (TPSA) is 37.4 Å². The van der Waals surface area contributed by atoms with Gasteiger partial charge >= 0.3 is 0 Å². The number of ether oxygens (including phenoxy) is 1. The predicted octanol–water partition coefficient (Wildman–Crippen LogP) is 3.26. The highest BCUT2D eigenvalue weighted by atomic mass is 16.5. The van der Waals surface area contributed by atoms with Crippen molar-refractivity contribution in [1.82, 2.24) is 15.2 Å². The van der Waals surface area contributed by atoms with Gasteiger partial charge < -0.3 is 10.1 Å². The lowest BCUT2D eigenvalue weighted by Gasteiger charge is -2.25. The highest BCUT2D eigenvalue weighted by Gasteiger charge is 2.32. The van der Waals surface area contributed by atoms with Gasteiger partial charge in [0.25, 0.3) is 0 Å². The third-order valence-corrected chi connectivity index (χ3v) is 4.77. The molecule has 0 amide bonds. The summed E-state index contributed by atoms with van der Waals surface area (Å²) in [5.41, 5.74) is 2.62. The molecule has 128 valence electrons. The number of hydrogen-bond acceptors (Lipinski definition) is 4. The zero-order chi connectivity index (χ0) is 16.8. The summed E-state index contributed by atoms with van der Waals surface area (Å²) in [7, 11) is 2.21. The van der Waals surface area contributed by atoms with Crippen LogP contribution >= 0.6 is 0 Å². The lowest BCUT2D eigenvalue weighted by atomic mass is 9.94. The number of likely N-dealkylation sites (tertiary alicyclic amines) is 1. The summed E-state index contributed by atoms with van der Waals surface area (Å²) in [5.74, 6) is 1.57. The van der Waals surface area contributed by atoms with Crippen LogP contribution in [-0.4, -0.2) is 36.6 Å². The number of pyridine rings is 1. The summed E-state index contributed by atoms with van der Waals surface area (Å²) in [6.45, 7) is 5.79. The number of benzene rings is 1. The Kier molecular flexibility index (Phi) is 5.83. The summed E-state index contributed by atoms with van der Waals surface area (Å²) in [6.07, 6.45) is 5.08. The smallest absolute Gasteiger partial charge is 0.119 e. The third kappa shape index (κ3) is 4.13. The minimum Gasteiger partial charge on any atom is -0.494 e. The molecular formula is C20H27N3O. The second-order valence-corrected chi connectivity index (χ2v) is 6.47. The molecule has 1 aliphatic rings. The van der Waals surface area contributed by atoms with Gasteiger partial charge in [0.05, 0.1) is 6.61 Å². The average molecular weight is 325 g/mol. The Morgan fingerprint density at radius 2 is 2.08 bits per heavy atom. The largest absolute Gasteiger partial charge is 0.494 e. The molecule has 24 heavy (non-hydrogen) atoms. The van der Waals surface area contributed by atoms with E-state index in [1.165, 1.54) is 17.5 Å². The second-order valence-electron chi connectivity index (χ2n) is 6.47. The fraction of sp³-hybridized carbons (Fsp3) is 0.450. The van der Waals surface area contributed by atoms with Crippen molar-refractivity contribution in [2.75, 3.05) is 26.7 Å². The van der Waals surface area contributed by atoms with Gasteiger partial charge in [-0.3, -0.25) is 9.88 Å². The Hall–Kier alpha value is -1.91. The highest BCUT2D eigenvalue weighted by molar-refractivity contribution is 5.27. The van der Waals surface area contributed by atoms with Gasteiger partial charge in [-0.2, -0.15) is 0 Å². The van der Waals surface area contributed by atoms with Crippen LogP contribution in [0.4, 0.5) is 0 Å². The Balaban J connectivity index is 1.54. The van der Waals surface area contributed by atoms with Gasteiger partial charge in [0.2, 0.25) is 0 Å². The fourth-order valence-corrected chi connectivity index (χ4v) is 3.59. The minimum absolute atomic E-state index is 0.464. The van der Waals surface area contributed by atoms with E-state index < -0.39 is 0 Å². The molecule has 1 fully saturated rings. The summed E-state index contributed by atoms with van der Waals surface area (Å²) in [4.78, 5) is 6.74. The molecule has 2 heterocycles. The highest BCUT2D eigenvalue weighted by Crippen LogP contribution is 2.35. The van der Waals surface area contributed by atoms with E-state index in [9.17, 15) is 0 Å². The number of rotatable bonds is 7. The van der Waals surface area contributed by atoms with Crippen LogP contribution in [0.5, 0.6) is 5.75 Å². The van der Waals surface area contributed by atoms with Crippen LogP contribution in [0, 0.1) is 5.92 Å². The van der Waals surface area contributed by atoms with Crippen LogP contribution in [0.15, 0.2) is 48.8 Å². The van der Waals surface area contributed by atoms with Crippen molar-refractivity contribution >= 4 is 0 Å². The van der Waals surface area contributed by atoms with Gasteiger partial charge in [0.15, 0.2) is 0 Å². The maximum Gasteiger partial charge on any atom is 0.119 e. The van der Waals surface area contributed by atoms with Crippen LogP contribution in [-0.2, 0) is 6.54 Å². The normalized spacial score (nSPS) is 21.1. The van der Waals surface area contributed by atoms with Gasteiger partial charge in [-0.1, -0.05) is 18.2 Å². The lowest BCUT2D eigenvalue weighted by molar-refractivity contribution is 0.271. The molecule has 1 N–H and O–H groups in total. The first kappa shape index (κ1) is 16.9. The number of aromatic nitrogens is 1. The van der Waals surface area contributed by atoms with Gasteiger partial charge in [0.1, 0.15) is 5.75 Å². The molecule has 0 radical (unpaired) electrons. The maximum atomic E-state index is 5.49. The molecule has 1 saturated heterocycles.